The van der Waals surface area contributed by atoms with Gasteiger partial charge in [0.1, 0.15) is 0 Å². The first-order chi connectivity index (χ1) is 9.25. The molecule has 0 atom stereocenters. The Bertz CT molecular complexity index is 335. The van der Waals surface area contributed by atoms with Gasteiger partial charge in [-0.1, -0.05) is 90.0 Å². The van der Waals surface area contributed by atoms with Crippen molar-refractivity contribution in [1.82, 2.24) is 0 Å². The number of hydrogen-bond donors (Lipinski definition) is 0. The van der Waals surface area contributed by atoms with Crippen LogP contribution in [0, 0.1) is 0 Å². The van der Waals surface area contributed by atoms with Gasteiger partial charge in [0.05, 0.1) is 17.6 Å². The van der Waals surface area contributed by atoms with Crippen LogP contribution in [0.15, 0.2) is 24.3 Å². The van der Waals surface area contributed by atoms with Gasteiger partial charge in [-0.2, -0.15) is 0 Å². The van der Waals surface area contributed by atoms with Crippen LogP contribution in [0.25, 0.3) is 0 Å². The Morgan fingerprint density at radius 3 is 0.850 bits per heavy atom. The van der Waals surface area contributed by atoms with Gasteiger partial charge in [-0.25, -0.2) is 0 Å². The molecule has 114 valence electrons. The second-order valence-corrected chi connectivity index (χ2v) is 16.5. The fourth-order valence-corrected chi connectivity index (χ4v) is 11.5. The molecule has 0 fully saturated rings. The molecule has 0 nitrogen and oxygen atoms in total. The van der Waals surface area contributed by atoms with E-state index in [0.717, 1.165) is 22.2 Å². The molecule has 2 heteroatoms. The minimum absolute atomic E-state index is 0.824. The third-order valence-corrected chi connectivity index (χ3v) is 12.6. The van der Waals surface area contributed by atoms with Crippen molar-refractivity contribution in [3.8, 4) is 0 Å². The molecule has 0 aromatic heterocycles. The summed E-state index contributed by atoms with van der Waals surface area (Å²) < 4.78 is 0. The predicted molar refractivity (Wildman–Crippen MR) is 100 cm³/mol. The first-order valence-electron chi connectivity index (χ1n) is 8.35. The summed E-state index contributed by atoms with van der Waals surface area (Å²) in [6, 6.07) is 9.88. The Hall–Kier alpha value is -0.346. The molecule has 0 aliphatic heterocycles. The zero-order valence-corrected chi connectivity index (χ0v) is 17.1. The zero-order chi connectivity index (χ0) is 15.4. The number of hydrogen-bond acceptors (Lipinski definition) is 0. The van der Waals surface area contributed by atoms with Crippen LogP contribution in [0.1, 0.15) is 55.4 Å². The fourth-order valence-electron chi connectivity index (χ4n) is 4.02. The summed E-state index contributed by atoms with van der Waals surface area (Å²) in [5, 5.41) is 3.33. The summed E-state index contributed by atoms with van der Waals surface area (Å²) in [4.78, 5) is 0. The Kier molecular flexibility index (Phi) is 6.73. The van der Waals surface area contributed by atoms with Gasteiger partial charge in [0, 0.05) is 0 Å². The molecule has 0 aliphatic carbocycles. The van der Waals surface area contributed by atoms with Gasteiger partial charge in [-0.15, -0.1) is 0 Å². The van der Waals surface area contributed by atoms with Crippen LogP contribution >= 0.6 is 0 Å². The molecule has 1 aromatic carbocycles. The predicted octanol–water partition coefficient (Wildman–Crippen LogP) is 4.19. The molecule has 0 saturated carbocycles. The highest BCUT2D eigenvalue weighted by Crippen LogP contribution is 2.21. The van der Waals surface area contributed by atoms with Gasteiger partial charge < -0.3 is 0 Å². The summed E-state index contributed by atoms with van der Waals surface area (Å²) in [5.74, 6) is 0. The molecule has 1 aromatic rings. The Labute approximate surface area is 130 Å². The molecule has 0 N–H and O–H groups in total. The Balaban J connectivity index is 3.03. The Morgan fingerprint density at radius 1 is 0.500 bits per heavy atom. The van der Waals surface area contributed by atoms with Crippen LogP contribution in [0.5, 0.6) is 0 Å². The maximum absolute atomic E-state index is 2.47. The highest BCUT2D eigenvalue weighted by atomic mass is 28.3. The lowest BCUT2D eigenvalue weighted by Gasteiger charge is -2.26. The first-order valence-corrected chi connectivity index (χ1v) is 12.2. The summed E-state index contributed by atoms with van der Waals surface area (Å²) in [5.41, 5.74) is 3.40. The average molecular weight is 307 g/mol. The van der Waals surface area contributed by atoms with Crippen molar-refractivity contribution in [3.63, 3.8) is 0 Å². The maximum atomic E-state index is 2.47. The van der Waals surface area contributed by atoms with Gasteiger partial charge in [-0.3, -0.25) is 0 Å². The summed E-state index contributed by atoms with van der Waals surface area (Å²) in [7, 11) is -1.65. The third kappa shape index (κ3) is 4.32. The van der Waals surface area contributed by atoms with Gasteiger partial charge in [0.2, 0.25) is 0 Å². The molecule has 0 aliphatic rings. The highest BCUT2D eigenvalue weighted by molar-refractivity contribution is 6.77. The quantitative estimate of drug-likeness (QED) is 0.691. The topological polar surface area (TPSA) is 0 Å². The lowest BCUT2D eigenvalue weighted by molar-refractivity contribution is 0.949. The molecule has 20 heavy (non-hydrogen) atoms. The van der Waals surface area contributed by atoms with Crippen molar-refractivity contribution in [2.75, 3.05) is 0 Å². The molecular formula is C18H34Si2. The van der Waals surface area contributed by atoms with Crippen molar-refractivity contribution in [3.05, 3.63) is 24.3 Å². The minimum Gasteiger partial charge on any atom is -0.0651 e. The van der Waals surface area contributed by atoms with Gasteiger partial charge >= 0.3 is 0 Å². The largest absolute Gasteiger partial charge is 0.0758 e. The zero-order valence-electron chi connectivity index (χ0n) is 14.8. The van der Waals surface area contributed by atoms with E-state index in [4.69, 9.17) is 0 Å². The van der Waals surface area contributed by atoms with Crippen molar-refractivity contribution in [2.45, 2.75) is 77.6 Å². The molecule has 0 amide bonds. The smallest absolute Gasteiger partial charge is 0.0651 e. The number of rotatable bonds is 6. The van der Waals surface area contributed by atoms with Crippen LogP contribution in [0.3, 0.4) is 0 Å². The van der Waals surface area contributed by atoms with Crippen LogP contribution in [0.2, 0.25) is 22.2 Å². The van der Waals surface area contributed by atoms with E-state index in [1.54, 1.807) is 10.4 Å². The summed E-state index contributed by atoms with van der Waals surface area (Å²) in [6.07, 6.45) is 0. The fraction of sp³-hybridized carbons (Fsp3) is 0.667. The normalized spacial score (nSPS) is 12.7. The van der Waals surface area contributed by atoms with Gasteiger partial charge in [0.15, 0.2) is 0 Å². The van der Waals surface area contributed by atoms with Crippen LogP contribution in [-0.4, -0.2) is 17.6 Å². The van der Waals surface area contributed by atoms with Gasteiger partial charge in [-0.05, 0) is 22.2 Å². The van der Waals surface area contributed by atoms with Crippen LogP contribution in [-0.2, 0) is 0 Å². The minimum atomic E-state index is -0.824. The van der Waals surface area contributed by atoms with E-state index in [2.05, 4.69) is 79.7 Å². The lowest BCUT2D eigenvalue weighted by atomic mass is 10.4. The molecule has 0 heterocycles. The second kappa shape index (κ2) is 7.60. The molecule has 0 spiro atoms. The van der Waals surface area contributed by atoms with Crippen LogP contribution < -0.4 is 10.4 Å². The molecule has 1 rings (SSSR count). The van der Waals surface area contributed by atoms with Crippen molar-refractivity contribution >= 4 is 28.0 Å². The molecule has 0 unspecified atom stereocenters. The van der Waals surface area contributed by atoms with E-state index >= 15 is 0 Å². The van der Waals surface area contributed by atoms with E-state index in [1.165, 1.54) is 0 Å². The monoisotopic (exact) mass is 306 g/mol. The lowest BCUT2D eigenvalue weighted by Crippen LogP contribution is -2.40. The van der Waals surface area contributed by atoms with E-state index < -0.39 is 17.6 Å². The highest BCUT2D eigenvalue weighted by Gasteiger charge is 2.24. The van der Waals surface area contributed by atoms with Crippen LogP contribution in [0.4, 0.5) is 0 Å². The third-order valence-electron chi connectivity index (χ3n) is 4.58. The second-order valence-electron chi connectivity index (χ2n) is 7.69. The van der Waals surface area contributed by atoms with Crippen molar-refractivity contribution in [2.24, 2.45) is 0 Å². The first kappa shape index (κ1) is 17.7. The standard InChI is InChI=1S/C18H34Si2/c1-13(2)19(14(3)4)17-9-11-18(12-10-17)20(15(5)6)16(7)8/h9-16,19-20H,1-8H3. The SMILES string of the molecule is CC(C)[SiH](c1ccc([SiH](C(C)C)C(C)C)cc1)C(C)C. The Morgan fingerprint density at radius 2 is 0.700 bits per heavy atom. The maximum Gasteiger partial charge on any atom is 0.0758 e. The van der Waals surface area contributed by atoms with E-state index in [0.29, 0.717) is 0 Å². The van der Waals surface area contributed by atoms with Gasteiger partial charge in [0.25, 0.3) is 0 Å². The number of benzene rings is 1. The van der Waals surface area contributed by atoms with E-state index in [9.17, 15) is 0 Å². The summed E-state index contributed by atoms with van der Waals surface area (Å²) >= 11 is 0. The summed E-state index contributed by atoms with van der Waals surface area (Å²) in [6.45, 7) is 19.3. The molecule has 0 saturated heterocycles. The molecule has 0 radical (unpaired) electrons. The van der Waals surface area contributed by atoms with E-state index in [-0.39, 0.29) is 0 Å². The molecule has 0 bridgehead atoms. The van der Waals surface area contributed by atoms with Crippen molar-refractivity contribution < 1.29 is 0 Å². The van der Waals surface area contributed by atoms with Crippen molar-refractivity contribution in [1.29, 1.82) is 0 Å². The average Bonchev–Trinajstić information content (AvgIpc) is 2.29. The molecular weight excluding hydrogens is 272 g/mol. The van der Waals surface area contributed by atoms with E-state index in [1.807, 2.05) is 0 Å².